The van der Waals surface area contributed by atoms with Gasteiger partial charge in [0, 0.05) is 6.42 Å². The minimum atomic E-state index is 1.26. The molecular formula is C33H49. The first-order chi connectivity index (χ1) is 16.3. The summed E-state index contributed by atoms with van der Waals surface area (Å²) in [6, 6.07) is 13.8. The Balaban J connectivity index is 1.53. The zero-order chi connectivity index (χ0) is 23.1. The van der Waals surface area contributed by atoms with Gasteiger partial charge in [-0.05, 0) is 59.1 Å². The van der Waals surface area contributed by atoms with Crippen molar-refractivity contribution in [3.8, 4) is 11.1 Å². The van der Waals surface area contributed by atoms with E-state index in [2.05, 4.69) is 56.7 Å². The zero-order valence-corrected chi connectivity index (χ0v) is 21.8. The highest BCUT2D eigenvalue weighted by Crippen LogP contribution is 2.41. The summed E-state index contributed by atoms with van der Waals surface area (Å²) in [6.07, 6.45) is 27.4. The van der Waals surface area contributed by atoms with E-state index in [1.165, 1.54) is 138 Å². The van der Waals surface area contributed by atoms with Crippen molar-refractivity contribution in [1.82, 2.24) is 0 Å². The molecule has 0 aliphatic heterocycles. The van der Waals surface area contributed by atoms with Gasteiger partial charge in [-0.15, -0.1) is 0 Å². The molecule has 0 spiro atoms. The van der Waals surface area contributed by atoms with Crippen LogP contribution in [-0.2, 0) is 12.8 Å². The number of hydrogen-bond donors (Lipinski definition) is 0. The van der Waals surface area contributed by atoms with E-state index < -0.39 is 0 Å². The first-order valence-corrected chi connectivity index (χ1v) is 14.4. The topological polar surface area (TPSA) is 0 Å². The first-order valence-electron chi connectivity index (χ1n) is 14.4. The van der Waals surface area contributed by atoms with E-state index in [1.54, 1.807) is 11.1 Å². The second kappa shape index (κ2) is 15.4. The second-order valence-corrected chi connectivity index (χ2v) is 10.3. The maximum Gasteiger partial charge on any atom is 0.0214 e. The average molecular weight is 446 g/mol. The third kappa shape index (κ3) is 8.31. The molecule has 0 fully saturated rings. The number of aryl methyl sites for hydroxylation is 1. The fourth-order valence-electron chi connectivity index (χ4n) is 5.55. The van der Waals surface area contributed by atoms with Crippen LogP contribution < -0.4 is 0 Å². The highest BCUT2D eigenvalue weighted by molar-refractivity contribution is 5.82. The van der Waals surface area contributed by atoms with Gasteiger partial charge in [-0.1, -0.05) is 140 Å². The van der Waals surface area contributed by atoms with Crippen LogP contribution in [0.25, 0.3) is 11.1 Å². The molecule has 0 unspecified atom stereocenters. The summed E-state index contributed by atoms with van der Waals surface area (Å²) in [5.74, 6) is 0. The smallest absolute Gasteiger partial charge is 0.0214 e. The van der Waals surface area contributed by atoms with Crippen molar-refractivity contribution in [3.05, 3.63) is 65.1 Å². The summed E-state index contributed by atoms with van der Waals surface area (Å²) in [5, 5.41) is 0. The number of unbranched alkanes of at least 4 members (excludes halogenated alkanes) is 14. The summed E-state index contributed by atoms with van der Waals surface area (Å²) in [5.41, 5.74) is 9.15. The Morgan fingerprint density at radius 3 is 1.67 bits per heavy atom. The Kier molecular flexibility index (Phi) is 12.1. The van der Waals surface area contributed by atoms with Gasteiger partial charge >= 0.3 is 0 Å². The Labute approximate surface area is 205 Å². The SMILES string of the molecule is CCCCCCCCCCc1ccc2c(c1CCCCCCCCCC)[CH]c1ccccc1-2. The quantitative estimate of drug-likeness (QED) is 0.171. The monoisotopic (exact) mass is 445 g/mol. The molecule has 0 saturated carbocycles. The minimum absolute atomic E-state index is 1.26. The molecule has 0 heterocycles. The predicted molar refractivity (Wildman–Crippen MR) is 147 cm³/mol. The Hall–Kier alpha value is -1.56. The largest absolute Gasteiger partial charge is 0.0654 e. The number of fused-ring (bicyclic) bond motifs is 3. The van der Waals surface area contributed by atoms with Crippen LogP contribution in [0.15, 0.2) is 36.4 Å². The molecule has 3 rings (SSSR count). The van der Waals surface area contributed by atoms with Gasteiger partial charge in [0.05, 0.1) is 0 Å². The number of rotatable bonds is 18. The maximum atomic E-state index is 2.47. The van der Waals surface area contributed by atoms with E-state index in [0.29, 0.717) is 0 Å². The molecule has 2 aromatic rings. The van der Waals surface area contributed by atoms with Crippen molar-refractivity contribution in [2.75, 3.05) is 0 Å². The molecule has 0 bridgehead atoms. The lowest BCUT2D eigenvalue weighted by molar-refractivity contribution is 0.570. The van der Waals surface area contributed by atoms with Crippen molar-refractivity contribution in [3.63, 3.8) is 0 Å². The van der Waals surface area contributed by atoms with Crippen LogP contribution in [0.1, 0.15) is 139 Å². The molecule has 1 radical (unpaired) electrons. The Bertz CT molecular complexity index is 800. The van der Waals surface area contributed by atoms with Crippen LogP contribution in [0.4, 0.5) is 0 Å². The molecule has 0 amide bonds. The lowest BCUT2D eigenvalue weighted by Gasteiger charge is -2.15. The van der Waals surface area contributed by atoms with Crippen LogP contribution in [0.2, 0.25) is 0 Å². The van der Waals surface area contributed by atoms with Gasteiger partial charge in [-0.25, -0.2) is 0 Å². The van der Waals surface area contributed by atoms with Crippen LogP contribution in [0, 0.1) is 6.42 Å². The molecule has 0 aromatic heterocycles. The summed E-state index contributed by atoms with van der Waals surface area (Å²) in [4.78, 5) is 0. The van der Waals surface area contributed by atoms with Crippen LogP contribution in [0.3, 0.4) is 0 Å². The molecular weight excluding hydrogens is 396 g/mol. The summed E-state index contributed by atoms with van der Waals surface area (Å²) in [7, 11) is 0. The molecule has 2 aromatic carbocycles. The fourth-order valence-corrected chi connectivity index (χ4v) is 5.55. The van der Waals surface area contributed by atoms with Crippen LogP contribution in [0.5, 0.6) is 0 Å². The average Bonchev–Trinajstić information content (AvgIpc) is 3.22. The zero-order valence-electron chi connectivity index (χ0n) is 21.8. The molecule has 0 atom stereocenters. The van der Waals surface area contributed by atoms with E-state index in [9.17, 15) is 0 Å². The van der Waals surface area contributed by atoms with Crippen molar-refractivity contribution in [2.45, 2.75) is 129 Å². The molecule has 1 aliphatic rings. The predicted octanol–water partition coefficient (Wildman–Crippen LogP) is 10.6. The molecule has 0 nitrogen and oxygen atoms in total. The van der Waals surface area contributed by atoms with Gasteiger partial charge < -0.3 is 0 Å². The molecule has 181 valence electrons. The lowest BCUT2D eigenvalue weighted by Crippen LogP contribution is -2.01. The van der Waals surface area contributed by atoms with Crippen LogP contribution in [-0.4, -0.2) is 0 Å². The van der Waals surface area contributed by atoms with E-state index in [4.69, 9.17) is 0 Å². The number of benzene rings is 2. The Morgan fingerprint density at radius 2 is 1.03 bits per heavy atom. The van der Waals surface area contributed by atoms with E-state index >= 15 is 0 Å². The van der Waals surface area contributed by atoms with Crippen molar-refractivity contribution < 1.29 is 0 Å². The highest BCUT2D eigenvalue weighted by atomic mass is 14.3. The summed E-state index contributed by atoms with van der Waals surface area (Å²) < 4.78 is 0. The summed E-state index contributed by atoms with van der Waals surface area (Å²) >= 11 is 0. The molecule has 1 aliphatic carbocycles. The Morgan fingerprint density at radius 1 is 0.485 bits per heavy atom. The van der Waals surface area contributed by atoms with Gasteiger partial charge in [0.2, 0.25) is 0 Å². The van der Waals surface area contributed by atoms with Crippen molar-refractivity contribution in [2.24, 2.45) is 0 Å². The standard InChI is InChI=1S/C33H49/c1-3-5-7-9-11-13-15-17-21-28-25-26-32-31-24-20-19-22-29(31)27-33(32)30(28)23-18-16-14-12-10-8-6-4-2/h19-20,22,24-27H,3-18,21,23H2,1-2H3. The second-order valence-electron chi connectivity index (χ2n) is 10.3. The highest BCUT2D eigenvalue weighted by Gasteiger charge is 2.22. The molecule has 0 saturated heterocycles. The molecule has 0 N–H and O–H groups in total. The third-order valence-corrected chi connectivity index (χ3v) is 7.58. The van der Waals surface area contributed by atoms with Crippen LogP contribution >= 0.6 is 0 Å². The van der Waals surface area contributed by atoms with Gasteiger partial charge in [-0.3, -0.25) is 0 Å². The van der Waals surface area contributed by atoms with E-state index in [1.807, 2.05) is 0 Å². The van der Waals surface area contributed by atoms with Crippen molar-refractivity contribution >= 4 is 0 Å². The molecule has 0 heteroatoms. The van der Waals surface area contributed by atoms with Gasteiger partial charge in [0.25, 0.3) is 0 Å². The van der Waals surface area contributed by atoms with E-state index in [-0.39, 0.29) is 0 Å². The maximum absolute atomic E-state index is 2.47. The van der Waals surface area contributed by atoms with Gasteiger partial charge in [-0.2, -0.15) is 0 Å². The van der Waals surface area contributed by atoms with Gasteiger partial charge in [0.15, 0.2) is 0 Å². The van der Waals surface area contributed by atoms with Crippen molar-refractivity contribution in [1.29, 1.82) is 0 Å². The third-order valence-electron chi connectivity index (χ3n) is 7.58. The fraction of sp³-hybridized carbons (Fsp3) is 0.606. The lowest BCUT2D eigenvalue weighted by atomic mass is 9.89. The summed E-state index contributed by atoms with van der Waals surface area (Å²) in [6.45, 7) is 4.61. The first kappa shape index (κ1) is 26.1. The van der Waals surface area contributed by atoms with E-state index in [0.717, 1.165) is 0 Å². The molecule has 33 heavy (non-hydrogen) atoms. The van der Waals surface area contributed by atoms with Gasteiger partial charge in [0.1, 0.15) is 0 Å². The number of hydrogen-bond acceptors (Lipinski definition) is 0. The minimum Gasteiger partial charge on any atom is -0.0654 e. The normalized spacial score (nSPS) is 12.2.